The average Bonchev–Trinajstić information content (AvgIpc) is 3.07. The Morgan fingerprint density at radius 3 is 2.53 bits per heavy atom. The molecule has 2 heterocycles. The third-order valence-electron chi connectivity index (χ3n) is 5.17. The summed E-state index contributed by atoms with van der Waals surface area (Å²) in [6.07, 6.45) is 1.59. The maximum Gasteiger partial charge on any atom is 0.329 e. The van der Waals surface area contributed by atoms with Crippen LogP contribution in [0.5, 0.6) is 5.75 Å². The summed E-state index contributed by atoms with van der Waals surface area (Å²) in [6.45, 7) is 2.27. The molecule has 0 unspecified atom stereocenters. The molecule has 0 spiro atoms. The Labute approximate surface area is 190 Å². The molecule has 4 rings (SSSR count). The number of benzene rings is 2. The molecule has 2 aromatic carbocycles. The van der Waals surface area contributed by atoms with Crippen molar-refractivity contribution >= 4 is 35.5 Å². The summed E-state index contributed by atoms with van der Waals surface area (Å²) in [7, 11) is 0. The first-order valence-corrected chi connectivity index (χ1v) is 10.6. The molecule has 2 aromatic rings. The van der Waals surface area contributed by atoms with Crippen molar-refractivity contribution in [3.05, 3.63) is 70.4 Å². The van der Waals surface area contributed by atoms with Gasteiger partial charge in [0, 0.05) is 18.1 Å². The third-order valence-corrected chi connectivity index (χ3v) is 5.53. The molecule has 9 heteroatoms. The molecule has 4 amide bonds. The summed E-state index contributed by atoms with van der Waals surface area (Å²) in [5.74, 6) is 0.0274. The molecule has 0 bridgehead atoms. The minimum atomic E-state index is -0.497. The Balaban J connectivity index is 1.36. The number of morpholine rings is 1. The Morgan fingerprint density at radius 1 is 1.09 bits per heavy atom. The zero-order valence-electron chi connectivity index (χ0n) is 17.3. The molecule has 2 fully saturated rings. The Hall–Kier alpha value is -3.36. The number of ether oxygens (including phenoxy) is 2. The van der Waals surface area contributed by atoms with Crippen molar-refractivity contribution in [2.24, 2.45) is 0 Å². The van der Waals surface area contributed by atoms with Crippen molar-refractivity contribution in [3.63, 3.8) is 0 Å². The summed E-state index contributed by atoms with van der Waals surface area (Å²) in [4.78, 5) is 40.0. The quantitative estimate of drug-likeness (QED) is 0.534. The van der Waals surface area contributed by atoms with E-state index in [0.29, 0.717) is 48.2 Å². The number of nitrogens with zero attached hydrogens (tertiary/aromatic N) is 2. The number of hydrogen-bond donors (Lipinski definition) is 1. The molecule has 32 heavy (non-hydrogen) atoms. The van der Waals surface area contributed by atoms with E-state index in [2.05, 4.69) is 5.32 Å². The van der Waals surface area contributed by atoms with E-state index >= 15 is 0 Å². The first kappa shape index (κ1) is 21.9. The molecule has 0 saturated carbocycles. The number of urea groups is 1. The summed E-state index contributed by atoms with van der Waals surface area (Å²) in [5, 5.41) is 3.09. The molecule has 0 radical (unpaired) electrons. The van der Waals surface area contributed by atoms with Crippen LogP contribution >= 0.6 is 11.6 Å². The molecule has 2 aliphatic heterocycles. The lowest BCUT2D eigenvalue weighted by atomic mass is 10.1. The number of amides is 4. The van der Waals surface area contributed by atoms with Gasteiger partial charge in [-0.1, -0.05) is 41.9 Å². The van der Waals surface area contributed by atoms with E-state index in [4.69, 9.17) is 21.1 Å². The van der Waals surface area contributed by atoms with Crippen molar-refractivity contribution < 1.29 is 23.9 Å². The second-order valence-electron chi connectivity index (χ2n) is 7.32. The van der Waals surface area contributed by atoms with Gasteiger partial charge in [0.1, 0.15) is 11.4 Å². The van der Waals surface area contributed by atoms with Gasteiger partial charge in [0.25, 0.3) is 11.8 Å². The number of nitrogens with one attached hydrogen (secondary N) is 1. The number of rotatable bonds is 6. The van der Waals surface area contributed by atoms with E-state index < -0.39 is 11.9 Å². The second kappa shape index (κ2) is 9.84. The summed E-state index contributed by atoms with van der Waals surface area (Å²) < 4.78 is 10.8. The van der Waals surface area contributed by atoms with E-state index in [1.165, 1.54) is 0 Å². The first-order chi connectivity index (χ1) is 15.5. The summed E-state index contributed by atoms with van der Waals surface area (Å²) in [5.41, 5.74) is 1.57. The average molecular weight is 456 g/mol. The van der Waals surface area contributed by atoms with Gasteiger partial charge in [-0.25, -0.2) is 4.79 Å². The van der Waals surface area contributed by atoms with E-state index in [0.717, 1.165) is 4.90 Å². The van der Waals surface area contributed by atoms with Gasteiger partial charge in [0.2, 0.25) is 0 Å². The highest BCUT2D eigenvalue weighted by Crippen LogP contribution is 2.22. The molecular weight excluding hydrogens is 434 g/mol. The Bertz CT molecular complexity index is 1050. The van der Waals surface area contributed by atoms with Gasteiger partial charge >= 0.3 is 6.03 Å². The molecular formula is C23H22ClN3O5. The van der Waals surface area contributed by atoms with Gasteiger partial charge < -0.3 is 19.7 Å². The molecule has 166 valence electrons. The van der Waals surface area contributed by atoms with E-state index in [9.17, 15) is 14.4 Å². The van der Waals surface area contributed by atoms with Gasteiger partial charge in [-0.15, -0.1) is 0 Å². The normalized spacial score (nSPS) is 17.6. The van der Waals surface area contributed by atoms with Crippen LogP contribution in [0.15, 0.2) is 54.2 Å². The fourth-order valence-corrected chi connectivity index (χ4v) is 3.58. The van der Waals surface area contributed by atoms with Crippen LogP contribution in [0.4, 0.5) is 4.79 Å². The van der Waals surface area contributed by atoms with E-state index in [-0.39, 0.29) is 24.8 Å². The van der Waals surface area contributed by atoms with Gasteiger partial charge in [0.05, 0.1) is 19.8 Å². The molecule has 0 atom stereocenters. The predicted octanol–water partition coefficient (Wildman–Crippen LogP) is 2.67. The topological polar surface area (TPSA) is 88.2 Å². The highest BCUT2D eigenvalue weighted by Gasteiger charge is 2.33. The summed E-state index contributed by atoms with van der Waals surface area (Å²) >= 11 is 6.14. The molecule has 8 nitrogen and oxygen atoms in total. The minimum absolute atomic E-state index is 0.0496. The van der Waals surface area contributed by atoms with Crippen molar-refractivity contribution in [2.75, 3.05) is 32.9 Å². The lowest BCUT2D eigenvalue weighted by Crippen LogP contribution is -2.42. The molecule has 2 aliphatic rings. The fraction of sp³-hybridized carbons (Fsp3) is 0.261. The number of carbonyl (C=O) groups is 3. The highest BCUT2D eigenvalue weighted by atomic mass is 35.5. The standard InChI is InChI=1S/C23H22ClN3O5/c24-19-4-2-1-3-17(19)14-27-22(29)20(25-23(27)30)13-16-5-7-18(8-6-16)32-15-21(28)26-9-11-31-12-10-26/h1-8,13H,9-12,14-15H2,(H,25,30)/b20-13-. The lowest BCUT2D eigenvalue weighted by Gasteiger charge is -2.26. The maximum atomic E-state index is 12.7. The fourth-order valence-electron chi connectivity index (χ4n) is 3.39. The van der Waals surface area contributed by atoms with Crippen LogP contribution in [-0.4, -0.2) is 60.6 Å². The maximum absolute atomic E-state index is 12.7. The van der Waals surface area contributed by atoms with Crippen molar-refractivity contribution in [1.29, 1.82) is 0 Å². The van der Waals surface area contributed by atoms with Crippen LogP contribution in [0.2, 0.25) is 5.02 Å². The molecule has 2 saturated heterocycles. The summed E-state index contributed by atoms with van der Waals surface area (Å²) in [6, 6.07) is 13.5. The van der Waals surface area contributed by atoms with Crippen LogP contribution in [0.25, 0.3) is 6.08 Å². The van der Waals surface area contributed by atoms with Crippen LogP contribution < -0.4 is 10.1 Å². The largest absolute Gasteiger partial charge is 0.484 e. The monoisotopic (exact) mass is 455 g/mol. The number of carbonyl (C=O) groups excluding carboxylic acids is 3. The van der Waals surface area contributed by atoms with Crippen LogP contribution in [-0.2, 0) is 20.9 Å². The second-order valence-corrected chi connectivity index (χ2v) is 7.73. The van der Waals surface area contributed by atoms with E-state index in [1.54, 1.807) is 59.5 Å². The predicted molar refractivity (Wildman–Crippen MR) is 118 cm³/mol. The van der Waals surface area contributed by atoms with Crippen molar-refractivity contribution in [1.82, 2.24) is 15.1 Å². The SMILES string of the molecule is O=C(COc1ccc(/C=C2\NC(=O)N(Cc3ccccc3Cl)C2=O)cc1)N1CCOCC1. The lowest BCUT2D eigenvalue weighted by molar-refractivity contribution is -0.137. The highest BCUT2D eigenvalue weighted by molar-refractivity contribution is 6.31. The first-order valence-electron chi connectivity index (χ1n) is 10.2. The minimum Gasteiger partial charge on any atom is -0.484 e. The van der Waals surface area contributed by atoms with E-state index in [1.807, 2.05) is 0 Å². The smallest absolute Gasteiger partial charge is 0.329 e. The Kier molecular flexibility index (Phi) is 6.72. The van der Waals surface area contributed by atoms with Crippen LogP contribution in [0, 0.1) is 0 Å². The molecule has 0 aliphatic carbocycles. The van der Waals surface area contributed by atoms with Gasteiger partial charge in [0.15, 0.2) is 6.61 Å². The van der Waals surface area contributed by atoms with Gasteiger partial charge in [-0.05, 0) is 35.4 Å². The van der Waals surface area contributed by atoms with Crippen LogP contribution in [0.1, 0.15) is 11.1 Å². The molecule has 1 N–H and O–H groups in total. The number of hydrogen-bond acceptors (Lipinski definition) is 5. The van der Waals surface area contributed by atoms with Crippen molar-refractivity contribution in [2.45, 2.75) is 6.54 Å². The Morgan fingerprint density at radius 2 is 1.81 bits per heavy atom. The number of imide groups is 1. The molecule has 0 aromatic heterocycles. The zero-order chi connectivity index (χ0) is 22.5. The van der Waals surface area contributed by atoms with Crippen molar-refractivity contribution in [3.8, 4) is 5.75 Å². The van der Waals surface area contributed by atoms with Crippen LogP contribution in [0.3, 0.4) is 0 Å². The number of halogens is 1. The zero-order valence-corrected chi connectivity index (χ0v) is 18.0. The van der Waals surface area contributed by atoms with Gasteiger partial charge in [-0.3, -0.25) is 14.5 Å². The van der Waals surface area contributed by atoms with Gasteiger partial charge in [-0.2, -0.15) is 0 Å². The third kappa shape index (κ3) is 5.09.